The maximum atomic E-state index is 12.4. The Bertz CT molecular complexity index is 621. The number of methoxy groups -OCH3 is 2. The van der Waals surface area contributed by atoms with Crippen molar-refractivity contribution in [2.45, 2.75) is 51.1 Å². The van der Waals surface area contributed by atoms with E-state index in [0.29, 0.717) is 12.6 Å². The average molecular weight is 390 g/mol. The number of nitrogens with zero attached hydrogens (tertiary/aromatic N) is 2. The van der Waals surface area contributed by atoms with Gasteiger partial charge in [0.2, 0.25) is 5.91 Å². The molecule has 0 unspecified atom stereocenters. The minimum absolute atomic E-state index is 0.190. The zero-order chi connectivity index (χ0) is 19.8. The van der Waals surface area contributed by atoms with Crippen LogP contribution in [0, 0.1) is 0 Å². The maximum Gasteiger partial charge on any atom is 0.234 e. The fourth-order valence-electron chi connectivity index (χ4n) is 4.25. The zero-order valence-electron chi connectivity index (χ0n) is 17.4. The second kappa shape index (κ2) is 10.7. The number of amides is 1. The van der Waals surface area contributed by atoms with Crippen molar-refractivity contribution in [2.24, 2.45) is 0 Å². The van der Waals surface area contributed by atoms with E-state index in [4.69, 9.17) is 9.47 Å². The first-order chi connectivity index (χ1) is 13.7. The van der Waals surface area contributed by atoms with Gasteiger partial charge in [-0.3, -0.25) is 14.6 Å². The van der Waals surface area contributed by atoms with E-state index in [1.807, 2.05) is 18.2 Å². The molecule has 1 aliphatic heterocycles. The van der Waals surface area contributed by atoms with Crippen LogP contribution in [0.4, 0.5) is 0 Å². The van der Waals surface area contributed by atoms with Crippen LogP contribution in [0.5, 0.6) is 11.5 Å². The smallest absolute Gasteiger partial charge is 0.234 e. The summed E-state index contributed by atoms with van der Waals surface area (Å²) in [4.78, 5) is 17.1. The summed E-state index contributed by atoms with van der Waals surface area (Å²) in [5.74, 6) is 1.94. The van der Waals surface area contributed by atoms with Crippen molar-refractivity contribution in [1.82, 2.24) is 15.1 Å². The molecule has 0 bridgehead atoms. The molecular formula is C22H35N3O3. The lowest BCUT2D eigenvalue weighted by Crippen LogP contribution is -2.50. The van der Waals surface area contributed by atoms with Gasteiger partial charge < -0.3 is 14.8 Å². The molecule has 2 aliphatic rings. The quantitative estimate of drug-likeness (QED) is 0.727. The van der Waals surface area contributed by atoms with Crippen LogP contribution < -0.4 is 14.8 Å². The van der Waals surface area contributed by atoms with Crippen molar-refractivity contribution in [1.29, 1.82) is 0 Å². The van der Waals surface area contributed by atoms with Gasteiger partial charge in [-0.1, -0.05) is 25.7 Å². The highest BCUT2D eigenvalue weighted by atomic mass is 16.5. The lowest BCUT2D eigenvalue weighted by molar-refractivity contribution is -0.123. The summed E-state index contributed by atoms with van der Waals surface area (Å²) in [6.45, 7) is 5.11. The number of nitrogens with one attached hydrogen (secondary N) is 1. The van der Waals surface area contributed by atoms with Gasteiger partial charge in [-0.2, -0.15) is 0 Å². The summed E-state index contributed by atoms with van der Waals surface area (Å²) in [7, 11) is 3.39. The van der Waals surface area contributed by atoms with Gasteiger partial charge in [0.1, 0.15) is 11.5 Å². The number of piperazine rings is 1. The Morgan fingerprint density at radius 2 is 1.68 bits per heavy atom. The van der Waals surface area contributed by atoms with Gasteiger partial charge in [0.15, 0.2) is 0 Å². The predicted molar refractivity (Wildman–Crippen MR) is 111 cm³/mol. The minimum Gasteiger partial charge on any atom is -0.497 e. The molecule has 1 aromatic rings. The Kier molecular flexibility index (Phi) is 7.98. The van der Waals surface area contributed by atoms with Crippen LogP contribution in [0.3, 0.4) is 0 Å². The summed E-state index contributed by atoms with van der Waals surface area (Å²) < 4.78 is 10.8. The van der Waals surface area contributed by atoms with E-state index >= 15 is 0 Å². The van der Waals surface area contributed by atoms with Gasteiger partial charge in [0, 0.05) is 44.3 Å². The van der Waals surface area contributed by atoms with Crippen LogP contribution in [0.1, 0.15) is 44.1 Å². The van der Waals surface area contributed by atoms with Gasteiger partial charge >= 0.3 is 0 Å². The van der Waals surface area contributed by atoms with Crippen LogP contribution in [-0.2, 0) is 11.3 Å². The Morgan fingerprint density at radius 1 is 1.00 bits per heavy atom. The molecule has 0 spiro atoms. The molecule has 1 aliphatic carbocycles. The first-order valence-corrected chi connectivity index (χ1v) is 10.6. The number of ether oxygens (including phenoxy) is 2. The number of hydrogen-bond acceptors (Lipinski definition) is 5. The topological polar surface area (TPSA) is 54.0 Å². The summed E-state index contributed by atoms with van der Waals surface area (Å²) in [5.41, 5.74) is 1.14. The van der Waals surface area contributed by atoms with Gasteiger partial charge in [0.25, 0.3) is 0 Å². The fraction of sp³-hybridized carbons (Fsp3) is 0.682. The third-order valence-corrected chi connectivity index (χ3v) is 5.93. The molecule has 0 radical (unpaired) electrons. The van der Waals surface area contributed by atoms with Crippen LogP contribution in [0.25, 0.3) is 0 Å². The molecule has 28 heavy (non-hydrogen) atoms. The van der Waals surface area contributed by atoms with Crippen molar-refractivity contribution >= 4 is 5.91 Å². The van der Waals surface area contributed by atoms with Gasteiger partial charge in [-0.15, -0.1) is 0 Å². The van der Waals surface area contributed by atoms with Crippen LogP contribution >= 0.6 is 0 Å². The molecule has 1 saturated carbocycles. The van der Waals surface area contributed by atoms with Gasteiger partial charge in [-0.05, 0) is 31.0 Å². The van der Waals surface area contributed by atoms with Crippen molar-refractivity contribution in [3.05, 3.63) is 23.8 Å². The van der Waals surface area contributed by atoms with Crippen molar-refractivity contribution in [3.63, 3.8) is 0 Å². The molecular weight excluding hydrogens is 354 g/mol. The zero-order valence-corrected chi connectivity index (χ0v) is 17.4. The van der Waals surface area contributed by atoms with E-state index in [1.54, 1.807) is 14.2 Å². The van der Waals surface area contributed by atoms with E-state index in [9.17, 15) is 4.79 Å². The Labute approximate surface area is 169 Å². The summed E-state index contributed by atoms with van der Waals surface area (Å²) in [6, 6.07) is 6.32. The van der Waals surface area contributed by atoms with Crippen LogP contribution in [0.15, 0.2) is 18.2 Å². The van der Waals surface area contributed by atoms with Crippen LogP contribution in [0.2, 0.25) is 0 Å². The second-order valence-electron chi connectivity index (χ2n) is 7.99. The molecule has 156 valence electrons. The number of carbonyl (C=O) groups is 1. The summed E-state index contributed by atoms with van der Waals surface area (Å²) in [6.07, 6.45) is 7.40. The molecule has 0 aromatic heterocycles. The van der Waals surface area contributed by atoms with E-state index in [1.165, 1.54) is 25.7 Å². The Balaban J connectivity index is 1.43. The highest BCUT2D eigenvalue weighted by molar-refractivity contribution is 5.78. The molecule has 6 nitrogen and oxygen atoms in total. The second-order valence-corrected chi connectivity index (χ2v) is 7.99. The molecule has 1 N–H and O–H groups in total. The summed E-state index contributed by atoms with van der Waals surface area (Å²) in [5, 5.41) is 3.26. The van der Waals surface area contributed by atoms with Gasteiger partial charge in [0.05, 0.1) is 20.8 Å². The minimum atomic E-state index is 0.190. The Hall–Kier alpha value is -1.79. The largest absolute Gasteiger partial charge is 0.497 e. The van der Waals surface area contributed by atoms with E-state index in [-0.39, 0.29) is 5.91 Å². The highest BCUT2D eigenvalue weighted by Gasteiger charge is 2.21. The molecule has 6 heteroatoms. The monoisotopic (exact) mass is 389 g/mol. The molecule has 0 atom stereocenters. The fourth-order valence-corrected chi connectivity index (χ4v) is 4.25. The lowest BCUT2D eigenvalue weighted by atomic mass is 10.1. The average Bonchev–Trinajstić information content (AvgIpc) is 2.98. The molecule has 1 heterocycles. The SMILES string of the molecule is COc1ccc(OC)c(CN2CCN(CC(=O)NC3CCCCCC3)CC2)c1. The maximum absolute atomic E-state index is 12.4. The predicted octanol–water partition coefficient (Wildman–Crippen LogP) is 2.66. The first kappa shape index (κ1) is 20.9. The van der Waals surface area contributed by atoms with Crippen molar-refractivity contribution in [3.8, 4) is 11.5 Å². The third-order valence-electron chi connectivity index (χ3n) is 5.93. The van der Waals surface area contributed by atoms with Crippen molar-refractivity contribution < 1.29 is 14.3 Å². The number of carbonyl (C=O) groups excluding carboxylic acids is 1. The van der Waals surface area contributed by atoms with Crippen LogP contribution in [-0.4, -0.2) is 68.7 Å². The van der Waals surface area contributed by atoms with E-state index in [0.717, 1.165) is 62.6 Å². The molecule has 2 fully saturated rings. The standard InChI is InChI=1S/C22H35N3O3/c1-27-20-9-10-21(28-2)18(15-20)16-24-11-13-25(14-12-24)17-22(26)23-19-7-5-3-4-6-8-19/h9-10,15,19H,3-8,11-14,16-17H2,1-2H3,(H,23,26). The number of rotatable bonds is 7. The van der Waals surface area contributed by atoms with E-state index in [2.05, 4.69) is 15.1 Å². The number of hydrogen-bond donors (Lipinski definition) is 1. The molecule has 1 amide bonds. The normalized spacial score (nSPS) is 19.8. The Morgan fingerprint density at radius 3 is 2.32 bits per heavy atom. The molecule has 1 aromatic carbocycles. The van der Waals surface area contributed by atoms with Crippen molar-refractivity contribution in [2.75, 3.05) is 46.9 Å². The lowest BCUT2D eigenvalue weighted by Gasteiger charge is -2.34. The number of benzene rings is 1. The first-order valence-electron chi connectivity index (χ1n) is 10.6. The molecule has 3 rings (SSSR count). The van der Waals surface area contributed by atoms with E-state index < -0.39 is 0 Å². The summed E-state index contributed by atoms with van der Waals surface area (Å²) >= 11 is 0. The molecule has 1 saturated heterocycles. The third kappa shape index (κ3) is 6.11. The van der Waals surface area contributed by atoms with Gasteiger partial charge in [-0.25, -0.2) is 0 Å². The highest BCUT2D eigenvalue weighted by Crippen LogP contribution is 2.25.